The minimum Gasteiger partial charge on any atom is -0.397 e. The van der Waals surface area contributed by atoms with Gasteiger partial charge in [-0.25, -0.2) is 4.79 Å². The van der Waals surface area contributed by atoms with Crippen LogP contribution in [0.25, 0.3) is 0 Å². The van der Waals surface area contributed by atoms with Gasteiger partial charge < -0.3 is 15.4 Å². The lowest BCUT2D eigenvalue weighted by Crippen LogP contribution is -2.47. The van der Waals surface area contributed by atoms with Crippen LogP contribution in [0.1, 0.15) is 0 Å². The maximum atomic E-state index is 12.2. The van der Waals surface area contributed by atoms with Gasteiger partial charge in [-0.3, -0.25) is 4.90 Å². The smallest absolute Gasteiger partial charge is 0.324 e. The van der Waals surface area contributed by atoms with Gasteiger partial charge in [-0.05, 0) is 12.1 Å². The van der Waals surface area contributed by atoms with Crippen molar-refractivity contribution in [2.24, 2.45) is 0 Å². The van der Waals surface area contributed by atoms with Gasteiger partial charge in [-0.2, -0.15) is 0 Å². The van der Waals surface area contributed by atoms with Crippen molar-refractivity contribution in [2.75, 3.05) is 44.0 Å². The van der Waals surface area contributed by atoms with Crippen LogP contribution in [-0.2, 0) is 4.74 Å². The summed E-state index contributed by atoms with van der Waals surface area (Å²) in [7, 11) is 1.74. The molecule has 2 amide bonds. The first-order valence-electron chi connectivity index (χ1n) is 5.65. The zero-order valence-electron chi connectivity index (χ0n) is 9.93. The lowest BCUT2D eigenvalue weighted by Gasteiger charge is -2.31. The summed E-state index contributed by atoms with van der Waals surface area (Å²) >= 11 is 0. The van der Waals surface area contributed by atoms with Crippen LogP contribution in [0.4, 0.5) is 16.2 Å². The van der Waals surface area contributed by atoms with Crippen LogP contribution in [0.15, 0.2) is 24.3 Å². The van der Waals surface area contributed by atoms with Crippen LogP contribution in [0.2, 0.25) is 0 Å². The highest BCUT2D eigenvalue weighted by atomic mass is 16.5. The summed E-state index contributed by atoms with van der Waals surface area (Å²) in [5, 5.41) is 0. The van der Waals surface area contributed by atoms with E-state index in [2.05, 4.69) is 0 Å². The maximum absolute atomic E-state index is 12.2. The fourth-order valence-electron chi connectivity index (χ4n) is 1.86. The van der Waals surface area contributed by atoms with Crippen molar-refractivity contribution in [2.45, 2.75) is 0 Å². The molecule has 0 aromatic heterocycles. The Hall–Kier alpha value is -1.75. The molecule has 0 unspecified atom stereocenters. The molecular weight excluding hydrogens is 218 g/mol. The molecule has 0 saturated carbocycles. The van der Waals surface area contributed by atoms with Gasteiger partial charge in [0.1, 0.15) is 0 Å². The Morgan fingerprint density at radius 1 is 1.35 bits per heavy atom. The quantitative estimate of drug-likeness (QED) is 0.743. The molecular formula is C12H17N3O2. The van der Waals surface area contributed by atoms with Crippen LogP contribution in [0.3, 0.4) is 0 Å². The number of benzene rings is 1. The van der Waals surface area contributed by atoms with Crippen molar-refractivity contribution < 1.29 is 9.53 Å². The molecule has 2 N–H and O–H groups in total. The van der Waals surface area contributed by atoms with Crippen LogP contribution in [0, 0.1) is 0 Å². The van der Waals surface area contributed by atoms with Crippen molar-refractivity contribution in [3.8, 4) is 0 Å². The molecule has 1 aromatic carbocycles. The summed E-state index contributed by atoms with van der Waals surface area (Å²) in [6.45, 7) is 2.47. The summed E-state index contributed by atoms with van der Waals surface area (Å²) in [4.78, 5) is 15.5. The number of nitrogen functional groups attached to an aromatic ring is 1. The Morgan fingerprint density at radius 2 is 2.00 bits per heavy atom. The molecule has 1 aromatic rings. The molecule has 1 fully saturated rings. The number of hydrogen-bond donors (Lipinski definition) is 1. The Bertz CT molecular complexity index is 402. The van der Waals surface area contributed by atoms with Gasteiger partial charge in [0.2, 0.25) is 0 Å². The lowest BCUT2D eigenvalue weighted by atomic mass is 10.2. The predicted molar refractivity (Wildman–Crippen MR) is 67.0 cm³/mol. The van der Waals surface area contributed by atoms with Crippen molar-refractivity contribution in [1.82, 2.24) is 4.90 Å². The molecule has 5 nitrogen and oxygen atoms in total. The number of para-hydroxylation sites is 2. The van der Waals surface area contributed by atoms with Crippen molar-refractivity contribution in [3.63, 3.8) is 0 Å². The predicted octanol–water partition coefficient (Wildman–Crippen LogP) is 1.16. The van der Waals surface area contributed by atoms with E-state index in [1.807, 2.05) is 18.2 Å². The van der Waals surface area contributed by atoms with Gasteiger partial charge in [0, 0.05) is 20.1 Å². The zero-order valence-corrected chi connectivity index (χ0v) is 9.93. The van der Waals surface area contributed by atoms with E-state index in [1.54, 1.807) is 22.9 Å². The first-order valence-corrected chi connectivity index (χ1v) is 5.65. The molecule has 1 heterocycles. The van der Waals surface area contributed by atoms with E-state index in [1.165, 1.54) is 0 Å². The first kappa shape index (κ1) is 11.7. The van der Waals surface area contributed by atoms with E-state index in [4.69, 9.17) is 10.5 Å². The second-order valence-corrected chi connectivity index (χ2v) is 4.00. The van der Waals surface area contributed by atoms with Crippen LogP contribution in [0.5, 0.6) is 0 Å². The maximum Gasteiger partial charge on any atom is 0.324 e. The molecule has 0 spiro atoms. The third kappa shape index (κ3) is 2.50. The third-order valence-electron chi connectivity index (χ3n) is 2.87. The summed E-state index contributed by atoms with van der Waals surface area (Å²) in [6, 6.07) is 7.32. The number of nitrogens with two attached hydrogens (primary N) is 1. The zero-order chi connectivity index (χ0) is 12.3. The van der Waals surface area contributed by atoms with Gasteiger partial charge in [0.25, 0.3) is 0 Å². The molecule has 0 atom stereocenters. The van der Waals surface area contributed by atoms with Crippen molar-refractivity contribution >= 4 is 17.4 Å². The van der Waals surface area contributed by atoms with E-state index in [-0.39, 0.29) is 6.03 Å². The topological polar surface area (TPSA) is 58.8 Å². The van der Waals surface area contributed by atoms with Gasteiger partial charge in [-0.1, -0.05) is 12.1 Å². The molecule has 0 bridgehead atoms. The van der Waals surface area contributed by atoms with Crippen LogP contribution < -0.4 is 10.6 Å². The number of amides is 2. The van der Waals surface area contributed by atoms with E-state index >= 15 is 0 Å². The van der Waals surface area contributed by atoms with Crippen molar-refractivity contribution in [3.05, 3.63) is 24.3 Å². The Kier molecular flexibility index (Phi) is 3.49. The van der Waals surface area contributed by atoms with E-state index in [0.29, 0.717) is 32.0 Å². The number of nitrogens with zero attached hydrogens (tertiary/aromatic N) is 2. The summed E-state index contributed by atoms with van der Waals surface area (Å²) in [5.74, 6) is 0. The van der Waals surface area contributed by atoms with Gasteiger partial charge in [0.05, 0.1) is 24.6 Å². The highest BCUT2D eigenvalue weighted by molar-refractivity contribution is 5.94. The van der Waals surface area contributed by atoms with Crippen LogP contribution in [-0.4, -0.2) is 44.3 Å². The molecule has 1 aliphatic heterocycles. The lowest BCUT2D eigenvalue weighted by molar-refractivity contribution is 0.0551. The highest BCUT2D eigenvalue weighted by Gasteiger charge is 2.22. The number of anilines is 2. The molecule has 0 radical (unpaired) electrons. The Labute approximate surface area is 101 Å². The number of rotatable bonds is 1. The molecule has 0 aliphatic carbocycles. The van der Waals surface area contributed by atoms with Gasteiger partial charge in [-0.15, -0.1) is 0 Å². The minimum atomic E-state index is -0.0359. The first-order chi connectivity index (χ1) is 8.20. The average molecular weight is 235 g/mol. The molecule has 1 saturated heterocycles. The molecule has 1 aliphatic rings. The van der Waals surface area contributed by atoms with Crippen molar-refractivity contribution in [1.29, 1.82) is 0 Å². The molecule has 2 rings (SSSR count). The standard InChI is InChI=1S/C12H17N3O2/c1-14(11-5-3-2-4-10(11)13)12(16)15-6-8-17-9-7-15/h2-5H,6-9,13H2,1H3. The third-order valence-corrected chi connectivity index (χ3v) is 2.87. The number of morpholine rings is 1. The van der Waals surface area contributed by atoms with E-state index in [9.17, 15) is 4.79 Å². The summed E-state index contributed by atoms with van der Waals surface area (Å²) < 4.78 is 5.22. The Balaban J connectivity index is 2.11. The number of carbonyl (C=O) groups is 1. The number of carbonyl (C=O) groups excluding carboxylic acids is 1. The minimum absolute atomic E-state index is 0.0359. The molecule has 17 heavy (non-hydrogen) atoms. The molecule has 92 valence electrons. The van der Waals surface area contributed by atoms with Gasteiger partial charge in [0.15, 0.2) is 0 Å². The number of hydrogen-bond acceptors (Lipinski definition) is 3. The van der Waals surface area contributed by atoms with E-state index < -0.39 is 0 Å². The number of urea groups is 1. The SMILES string of the molecule is CN(C(=O)N1CCOCC1)c1ccccc1N. The average Bonchev–Trinajstić information content (AvgIpc) is 2.39. The second kappa shape index (κ2) is 5.05. The summed E-state index contributed by atoms with van der Waals surface area (Å²) in [6.07, 6.45) is 0. The largest absolute Gasteiger partial charge is 0.397 e. The fourth-order valence-corrected chi connectivity index (χ4v) is 1.86. The highest BCUT2D eigenvalue weighted by Crippen LogP contribution is 2.22. The fraction of sp³-hybridized carbons (Fsp3) is 0.417. The molecule has 5 heteroatoms. The monoisotopic (exact) mass is 235 g/mol. The number of ether oxygens (including phenoxy) is 1. The second-order valence-electron chi connectivity index (χ2n) is 4.00. The van der Waals surface area contributed by atoms with Crippen LogP contribution >= 0.6 is 0 Å². The van der Waals surface area contributed by atoms with Gasteiger partial charge >= 0.3 is 6.03 Å². The summed E-state index contributed by atoms with van der Waals surface area (Å²) in [5.41, 5.74) is 7.20. The normalized spacial score (nSPS) is 15.7. The Morgan fingerprint density at radius 3 is 2.65 bits per heavy atom. The van der Waals surface area contributed by atoms with E-state index in [0.717, 1.165) is 5.69 Å².